The number of thiocarbonyl (C=S) groups is 1. The summed E-state index contributed by atoms with van der Waals surface area (Å²) in [6.07, 6.45) is -4.58. The smallest absolute Gasteiger partial charge is 0.416 e. The number of esters is 1. The summed E-state index contributed by atoms with van der Waals surface area (Å²) in [5.41, 5.74) is 0.516. The second kappa shape index (κ2) is 14.4. The van der Waals surface area contributed by atoms with Crippen LogP contribution in [0.5, 0.6) is 11.5 Å². The number of anilines is 2. The molecule has 1 fully saturated rings. The Hall–Kier alpha value is -4.65. The number of hydrogen-bond donors (Lipinski definition) is 1. The van der Waals surface area contributed by atoms with Crippen molar-refractivity contribution in [3.63, 3.8) is 0 Å². The molecular weight excluding hydrogens is 611 g/mol. The van der Waals surface area contributed by atoms with E-state index >= 15 is 0 Å². The van der Waals surface area contributed by atoms with E-state index < -0.39 is 35.6 Å². The minimum Gasteiger partial charge on any atom is -0.490 e. The molecule has 4 rings (SSSR count). The van der Waals surface area contributed by atoms with Gasteiger partial charge >= 0.3 is 12.1 Å². The van der Waals surface area contributed by atoms with Crippen molar-refractivity contribution >= 4 is 46.5 Å². The molecule has 1 atom stereocenters. The molecule has 13 heteroatoms. The molecule has 0 saturated carbocycles. The molecule has 0 bridgehead atoms. The number of alkyl halides is 3. The van der Waals surface area contributed by atoms with Crippen molar-refractivity contribution in [2.75, 3.05) is 37.1 Å². The number of carbonyl (C=O) groups is 3. The Morgan fingerprint density at radius 1 is 0.956 bits per heavy atom. The van der Waals surface area contributed by atoms with E-state index in [1.165, 1.54) is 43.5 Å². The van der Waals surface area contributed by atoms with Crippen molar-refractivity contribution in [3.05, 3.63) is 83.4 Å². The van der Waals surface area contributed by atoms with Crippen molar-refractivity contribution in [3.8, 4) is 11.5 Å². The lowest BCUT2D eigenvalue weighted by Crippen LogP contribution is -2.39. The van der Waals surface area contributed by atoms with Crippen molar-refractivity contribution in [2.45, 2.75) is 38.9 Å². The quantitative estimate of drug-likeness (QED) is 0.194. The molecule has 3 aromatic carbocycles. The average Bonchev–Trinajstić information content (AvgIpc) is 3.24. The van der Waals surface area contributed by atoms with Crippen molar-refractivity contribution < 1.29 is 41.8 Å². The molecule has 0 aliphatic carbocycles. The van der Waals surface area contributed by atoms with Crippen LogP contribution in [0.25, 0.3) is 0 Å². The van der Waals surface area contributed by atoms with Crippen LogP contribution in [0, 0.1) is 0 Å². The standard InChI is InChI=1S/C32H32F3N3O6S/c1-4-43-26-14-9-20(17-27(26)44-5-2)15-16-37-25(19-28(39)36-23-12-10-21(11-13-23)30(41)42-3)29(40)38(31(37)45)24-8-6-7-22(18-24)32(33,34)35/h6-14,17-18,25H,4-5,15-16,19H2,1-3H3,(H,36,39)/t25-/m1/s1. The van der Waals surface area contributed by atoms with E-state index in [4.69, 9.17) is 21.7 Å². The van der Waals surface area contributed by atoms with Gasteiger partial charge in [-0.2, -0.15) is 13.2 Å². The van der Waals surface area contributed by atoms with Gasteiger partial charge in [0.1, 0.15) is 6.04 Å². The zero-order valence-electron chi connectivity index (χ0n) is 24.8. The van der Waals surface area contributed by atoms with Crippen LogP contribution in [0.1, 0.15) is 41.8 Å². The number of methoxy groups -OCH3 is 1. The zero-order valence-corrected chi connectivity index (χ0v) is 25.7. The van der Waals surface area contributed by atoms with Crippen LogP contribution in [0.2, 0.25) is 0 Å². The highest BCUT2D eigenvalue weighted by molar-refractivity contribution is 7.80. The molecule has 0 spiro atoms. The molecule has 3 aromatic rings. The molecule has 1 aliphatic heterocycles. The highest BCUT2D eigenvalue weighted by atomic mass is 32.1. The van der Waals surface area contributed by atoms with Gasteiger partial charge in [-0.25, -0.2) is 4.79 Å². The minimum atomic E-state index is -4.63. The topological polar surface area (TPSA) is 97.4 Å². The maximum absolute atomic E-state index is 13.7. The Balaban J connectivity index is 1.59. The third-order valence-electron chi connectivity index (χ3n) is 6.97. The summed E-state index contributed by atoms with van der Waals surface area (Å²) in [6, 6.07) is 14.7. The molecular formula is C32H32F3N3O6S. The summed E-state index contributed by atoms with van der Waals surface area (Å²) in [5, 5.41) is 2.68. The van der Waals surface area contributed by atoms with E-state index in [0.29, 0.717) is 36.8 Å². The summed E-state index contributed by atoms with van der Waals surface area (Å²) in [5.74, 6) is -0.560. The molecule has 1 saturated heterocycles. The van der Waals surface area contributed by atoms with Gasteiger partial charge in [0.05, 0.1) is 43.6 Å². The minimum absolute atomic E-state index is 0.0180. The summed E-state index contributed by atoms with van der Waals surface area (Å²) in [4.78, 5) is 41.2. The van der Waals surface area contributed by atoms with Crippen molar-refractivity contribution in [2.24, 2.45) is 0 Å². The molecule has 0 aromatic heterocycles. The second-order valence-corrected chi connectivity index (χ2v) is 10.3. The molecule has 1 heterocycles. The van der Waals surface area contributed by atoms with Gasteiger partial charge in [-0.15, -0.1) is 0 Å². The largest absolute Gasteiger partial charge is 0.490 e. The van der Waals surface area contributed by atoms with Crippen LogP contribution in [0.15, 0.2) is 66.7 Å². The third-order valence-corrected chi connectivity index (χ3v) is 7.39. The SMILES string of the molecule is CCOc1ccc(CCN2C(=S)N(c3cccc(C(F)(F)F)c3)C(=O)[C@H]2CC(=O)Nc2ccc(C(=O)OC)cc2)cc1OCC. The predicted molar refractivity (Wildman–Crippen MR) is 166 cm³/mol. The van der Waals surface area contributed by atoms with E-state index in [-0.39, 0.29) is 29.3 Å². The maximum Gasteiger partial charge on any atom is 0.416 e. The lowest BCUT2D eigenvalue weighted by molar-refractivity contribution is -0.137. The van der Waals surface area contributed by atoms with Crippen molar-refractivity contribution in [1.29, 1.82) is 0 Å². The van der Waals surface area contributed by atoms with Gasteiger partial charge in [-0.1, -0.05) is 12.1 Å². The Morgan fingerprint density at radius 2 is 1.64 bits per heavy atom. The van der Waals surface area contributed by atoms with E-state index in [2.05, 4.69) is 10.1 Å². The monoisotopic (exact) mass is 643 g/mol. The normalized spacial score (nSPS) is 14.8. The molecule has 45 heavy (non-hydrogen) atoms. The van der Waals surface area contributed by atoms with Crippen LogP contribution in [0.3, 0.4) is 0 Å². The molecule has 2 amide bonds. The fourth-order valence-corrected chi connectivity index (χ4v) is 5.26. The molecule has 238 valence electrons. The van der Waals surface area contributed by atoms with Crippen LogP contribution in [-0.2, 0) is 26.9 Å². The number of nitrogens with one attached hydrogen (secondary N) is 1. The van der Waals surface area contributed by atoms with Crippen LogP contribution >= 0.6 is 12.2 Å². The zero-order chi connectivity index (χ0) is 32.7. The Labute approximate surface area is 263 Å². The first-order valence-corrected chi connectivity index (χ1v) is 14.6. The first kappa shape index (κ1) is 33.2. The average molecular weight is 644 g/mol. The van der Waals surface area contributed by atoms with Crippen molar-refractivity contribution in [1.82, 2.24) is 4.90 Å². The van der Waals surface area contributed by atoms with Gasteiger partial charge in [-0.05, 0) is 92.6 Å². The molecule has 1 N–H and O–H groups in total. The van der Waals surface area contributed by atoms with Gasteiger partial charge in [0.25, 0.3) is 5.91 Å². The van der Waals surface area contributed by atoms with Gasteiger partial charge in [-0.3, -0.25) is 14.5 Å². The first-order valence-electron chi connectivity index (χ1n) is 14.1. The van der Waals surface area contributed by atoms with E-state index in [9.17, 15) is 27.6 Å². The van der Waals surface area contributed by atoms with Gasteiger partial charge < -0.3 is 24.4 Å². The molecule has 9 nitrogen and oxygen atoms in total. The van der Waals surface area contributed by atoms with E-state index in [1.54, 1.807) is 11.0 Å². The lowest BCUT2D eigenvalue weighted by Gasteiger charge is -2.24. The second-order valence-electron chi connectivity index (χ2n) is 9.93. The van der Waals surface area contributed by atoms with Gasteiger partial charge in [0.15, 0.2) is 16.6 Å². The number of carbonyl (C=O) groups excluding carboxylic acids is 3. The number of benzene rings is 3. The van der Waals surface area contributed by atoms with Crippen LogP contribution in [0.4, 0.5) is 24.5 Å². The molecule has 0 unspecified atom stereocenters. The van der Waals surface area contributed by atoms with E-state index in [1.807, 2.05) is 26.0 Å². The predicted octanol–water partition coefficient (Wildman–Crippen LogP) is 5.86. The van der Waals surface area contributed by atoms with Crippen LogP contribution < -0.4 is 19.7 Å². The Kier molecular flexibility index (Phi) is 10.7. The van der Waals surface area contributed by atoms with Gasteiger partial charge in [0, 0.05) is 12.2 Å². The molecule has 0 radical (unpaired) electrons. The summed E-state index contributed by atoms with van der Waals surface area (Å²) >= 11 is 5.64. The van der Waals surface area contributed by atoms with Crippen LogP contribution in [-0.4, -0.2) is 60.7 Å². The summed E-state index contributed by atoms with van der Waals surface area (Å²) in [6.45, 7) is 4.77. The highest BCUT2D eigenvalue weighted by Gasteiger charge is 2.44. The Bertz CT molecular complexity index is 1560. The maximum atomic E-state index is 13.7. The number of rotatable bonds is 12. The number of nitrogens with zero attached hydrogens (tertiary/aromatic N) is 2. The Morgan fingerprint density at radius 3 is 2.29 bits per heavy atom. The fraction of sp³-hybridized carbons (Fsp3) is 0.312. The number of amides is 2. The number of halogens is 3. The fourth-order valence-electron chi connectivity index (χ4n) is 4.84. The lowest BCUT2D eigenvalue weighted by atomic mass is 10.1. The van der Waals surface area contributed by atoms with E-state index in [0.717, 1.165) is 22.6 Å². The number of ether oxygens (including phenoxy) is 3. The highest BCUT2D eigenvalue weighted by Crippen LogP contribution is 2.35. The first-order chi connectivity index (χ1) is 21.5. The number of hydrogen-bond acceptors (Lipinski definition) is 7. The summed E-state index contributed by atoms with van der Waals surface area (Å²) < 4.78 is 56.5. The molecule has 1 aliphatic rings. The van der Waals surface area contributed by atoms with Gasteiger partial charge in [0.2, 0.25) is 5.91 Å². The summed E-state index contributed by atoms with van der Waals surface area (Å²) in [7, 11) is 1.25. The third kappa shape index (κ3) is 7.90.